The molecule has 1 aliphatic heterocycles. The first-order valence-corrected chi connectivity index (χ1v) is 10.6. The molecule has 27 heavy (non-hydrogen) atoms. The molecule has 3 aromatic rings. The van der Waals surface area contributed by atoms with Crippen LogP contribution in [0.2, 0.25) is 0 Å². The summed E-state index contributed by atoms with van der Waals surface area (Å²) in [5.74, 6) is 1.26. The Kier molecular flexibility index (Phi) is 6.76. The van der Waals surface area contributed by atoms with Crippen LogP contribution < -0.4 is 5.73 Å². The van der Waals surface area contributed by atoms with Crippen LogP contribution >= 0.6 is 35.5 Å². The van der Waals surface area contributed by atoms with E-state index in [9.17, 15) is 4.79 Å². The van der Waals surface area contributed by atoms with Crippen LogP contribution in [0.15, 0.2) is 58.9 Å². The van der Waals surface area contributed by atoms with Crippen molar-refractivity contribution in [3.05, 3.63) is 60.2 Å². The standard InChI is InChI=1S/C20H21N3OS2.ClH/c21-10-15-11-23(12-16(15)14-6-2-1-3-7-14)19(24)13-25-20-22-17-8-4-5-9-18(17)26-20;/h1-9,15-16H,10-13,21H2;1H/t15-,16+;/m1./s1. The molecule has 1 aromatic heterocycles. The number of aromatic nitrogens is 1. The zero-order chi connectivity index (χ0) is 17.9. The molecule has 4 nitrogen and oxygen atoms in total. The number of rotatable bonds is 5. The van der Waals surface area contributed by atoms with Gasteiger partial charge in [-0.2, -0.15) is 0 Å². The molecule has 0 spiro atoms. The van der Waals surface area contributed by atoms with E-state index in [0.717, 1.165) is 27.6 Å². The lowest BCUT2D eigenvalue weighted by atomic mass is 9.89. The fourth-order valence-electron chi connectivity index (χ4n) is 3.52. The van der Waals surface area contributed by atoms with Crippen molar-refractivity contribution in [2.45, 2.75) is 10.3 Å². The van der Waals surface area contributed by atoms with Gasteiger partial charge >= 0.3 is 0 Å². The predicted octanol–water partition coefficient (Wildman–Crippen LogP) is 4.01. The summed E-state index contributed by atoms with van der Waals surface area (Å²) in [7, 11) is 0. The third kappa shape index (κ3) is 4.46. The van der Waals surface area contributed by atoms with Gasteiger partial charge in [0.05, 0.1) is 16.0 Å². The molecule has 0 radical (unpaired) electrons. The molecule has 1 saturated heterocycles. The summed E-state index contributed by atoms with van der Waals surface area (Å²) >= 11 is 3.18. The molecule has 2 atom stereocenters. The second kappa shape index (κ2) is 9.06. The first-order chi connectivity index (χ1) is 12.7. The van der Waals surface area contributed by atoms with E-state index in [2.05, 4.69) is 35.3 Å². The minimum atomic E-state index is 0. The van der Waals surface area contributed by atoms with E-state index in [1.165, 1.54) is 17.3 Å². The maximum atomic E-state index is 12.7. The highest BCUT2D eigenvalue weighted by atomic mass is 35.5. The Morgan fingerprint density at radius 2 is 1.89 bits per heavy atom. The lowest BCUT2D eigenvalue weighted by molar-refractivity contribution is -0.127. The van der Waals surface area contributed by atoms with Gasteiger partial charge in [0.1, 0.15) is 0 Å². The second-order valence-corrected chi connectivity index (χ2v) is 8.80. The van der Waals surface area contributed by atoms with Gasteiger partial charge in [0.25, 0.3) is 0 Å². The highest BCUT2D eigenvalue weighted by molar-refractivity contribution is 8.01. The van der Waals surface area contributed by atoms with E-state index in [1.54, 1.807) is 11.3 Å². The fraction of sp³-hybridized carbons (Fsp3) is 0.300. The van der Waals surface area contributed by atoms with Crippen LogP contribution in [0.25, 0.3) is 10.2 Å². The number of nitrogens with two attached hydrogens (primary N) is 1. The Labute approximate surface area is 173 Å². The van der Waals surface area contributed by atoms with Crippen LogP contribution in [0, 0.1) is 5.92 Å². The average Bonchev–Trinajstić information content (AvgIpc) is 3.30. The van der Waals surface area contributed by atoms with E-state index in [1.807, 2.05) is 29.2 Å². The molecule has 2 N–H and O–H groups in total. The average molecular weight is 420 g/mol. The van der Waals surface area contributed by atoms with E-state index in [0.29, 0.717) is 24.1 Å². The number of nitrogens with zero attached hydrogens (tertiary/aromatic N) is 2. The number of carbonyl (C=O) groups excluding carboxylic acids is 1. The number of benzene rings is 2. The zero-order valence-corrected chi connectivity index (χ0v) is 17.2. The van der Waals surface area contributed by atoms with Crippen LogP contribution in [-0.2, 0) is 4.79 Å². The molecule has 2 aromatic carbocycles. The molecular weight excluding hydrogens is 398 g/mol. The van der Waals surface area contributed by atoms with E-state index < -0.39 is 0 Å². The maximum Gasteiger partial charge on any atom is 0.233 e. The number of hydrogen-bond donors (Lipinski definition) is 1. The van der Waals surface area contributed by atoms with E-state index >= 15 is 0 Å². The summed E-state index contributed by atoms with van der Waals surface area (Å²) in [6, 6.07) is 18.5. The maximum absolute atomic E-state index is 12.7. The first kappa shape index (κ1) is 20.1. The minimum absolute atomic E-state index is 0. The molecule has 0 unspecified atom stereocenters. The van der Waals surface area contributed by atoms with Gasteiger partial charge in [-0.1, -0.05) is 54.2 Å². The van der Waals surface area contributed by atoms with Gasteiger partial charge < -0.3 is 10.6 Å². The smallest absolute Gasteiger partial charge is 0.233 e. The van der Waals surface area contributed by atoms with Crippen molar-refractivity contribution in [1.29, 1.82) is 0 Å². The Bertz CT molecular complexity index is 869. The third-order valence-electron chi connectivity index (χ3n) is 4.92. The largest absolute Gasteiger partial charge is 0.341 e. The highest BCUT2D eigenvalue weighted by Gasteiger charge is 2.35. The van der Waals surface area contributed by atoms with Gasteiger partial charge in [-0.3, -0.25) is 4.79 Å². The summed E-state index contributed by atoms with van der Waals surface area (Å²) in [6.45, 7) is 2.11. The van der Waals surface area contributed by atoms with Crippen molar-refractivity contribution in [3.8, 4) is 0 Å². The number of carbonyl (C=O) groups is 1. The van der Waals surface area contributed by atoms with Gasteiger partial charge in [-0.15, -0.1) is 23.7 Å². The Balaban J connectivity index is 0.00000210. The van der Waals surface area contributed by atoms with Gasteiger partial charge in [0.15, 0.2) is 4.34 Å². The summed E-state index contributed by atoms with van der Waals surface area (Å²) in [4.78, 5) is 19.3. The third-order valence-corrected chi connectivity index (χ3v) is 7.08. The van der Waals surface area contributed by atoms with Gasteiger partial charge in [-0.05, 0) is 30.2 Å². The predicted molar refractivity (Wildman–Crippen MR) is 116 cm³/mol. The van der Waals surface area contributed by atoms with Crippen molar-refractivity contribution in [2.75, 3.05) is 25.4 Å². The number of thiazole rings is 1. The number of likely N-dealkylation sites (tertiary alicyclic amines) is 1. The second-order valence-electron chi connectivity index (χ2n) is 6.55. The molecule has 1 aliphatic rings. The Hall–Kier alpha value is -1.60. The zero-order valence-electron chi connectivity index (χ0n) is 14.8. The molecule has 2 heterocycles. The molecule has 7 heteroatoms. The molecule has 4 rings (SSSR count). The van der Waals surface area contributed by atoms with Crippen molar-refractivity contribution in [1.82, 2.24) is 9.88 Å². The van der Waals surface area contributed by atoms with E-state index in [4.69, 9.17) is 5.73 Å². The monoisotopic (exact) mass is 419 g/mol. The topological polar surface area (TPSA) is 59.2 Å². The van der Waals surface area contributed by atoms with Crippen molar-refractivity contribution < 1.29 is 4.79 Å². The summed E-state index contributed by atoms with van der Waals surface area (Å²) in [5.41, 5.74) is 8.26. The molecule has 1 amide bonds. The summed E-state index contributed by atoms with van der Waals surface area (Å²) in [6.07, 6.45) is 0. The lowest BCUT2D eigenvalue weighted by Crippen LogP contribution is -2.31. The van der Waals surface area contributed by atoms with Crippen LogP contribution in [-0.4, -0.2) is 41.2 Å². The Morgan fingerprint density at radius 1 is 1.15 bits per heavy atom. The SMILES string of the molecule is Cl.NC[C@@H]1CN(C(=O)CSc2nc3ccccc3s2)C[C@H]1c1ccccc1. The van der Waals surface area contributed by atoms with Gasteiger partial charge in [-0.25, -0.2) is 4.98 Å². The molecule has 0 aliphatic carbocycles. The first-order valence-electron chi connectivity index (χ1n) is 8.76. The minimum Gasteiger partial charge on any atom is -0.341 e. The molecular formula is C20H22ClN3OS2. The number of thioether (sulfide) groups is 1. The van der Waals surface area contributed by atoms with Crippen LogP contribution in [0.4, 0.5) is 0 Å². The normalized spacial score (nSPS) is 19.2. The van der Waals surface area contributed by atoms with Crippen molar-refractivity contribution in [2.24, 2.45) is 11.7 Å². The number of hydrogen-bond acceptors (Lipinski definition) is 5. The Morgan fingerprint density at radius 3 is 2.63 bits per heavy atom. The lowest BCUT2D eigenvalue weighted by Gasteiger charge is -2.16. The van der Waals surface area contributed by atoms with Crippen molar-refractivity contribution in [3.63, 3.8) is 0 Å². The van der Waals surface area contributed by atoms with Crippen molar-refractivity contribution >= 4 is 51.6 Å². The fourth-order valence-corrected chi connectivity index (χ4v) is 5.49. The van der Waals surface area contributed by atoms with Crippen LogP contribution in [0.3, 0.4) is 0 Å². The molecule has 0 bridgehead atoms. The number of halogens is 1. The van der Waals surface area contributed by atoms with Gasteiger partial charge in [0, 0.05) is 19.0 Å². The number of amides is 1. The number of para-hydroxylation sites is 1. The number of fused-ring (bicyclic) bond motifs is 1. The highest BCUT2D eigenvalue weighted by Crippen LogP contribution is 2.33. The van der Waals surface area contributed by atoms with Crippen LogP contribution in [0.5, 0.6) is 0 Å². The van der Waals surface area contributed by atoms with E-state index in [-0.39, 0.29) is 18.3 Å². The molecule has 1 fully saturated rings. The summed E-state index contributed by atoms with van der Waals surface area (Å²) < 4.78 is 2.12. The molecule has 142 valence electrons. The molecule has 0 saturated carbocycles. The van der Waals surface area contributed by atoms with Crippen LogP contribution in [0.1, 0.15) is 11.5 Å². The van der Waals surface area contributed by atoms with Gasteiger partial charge in [0.2, 0.25) is 5.91 Å². The quantitative estimate of drug-likeness (QED) is 0.634. The summed E-state index contributed by atoms with van der Waals surface area (Å²) in [5, 5.41) is 0.